The largest absolute Gasteiger partial charge is 0.497 e. The van der Waals surface area contributed by atoms with E-state index in [1.807, 2.05) is 36.7 Å². The second-order valence-electron chi connectivity index (χ2n) is 7.86. The molecular weight excluding hydrogens is 468 g/mol. The smallest absolute Gasteiger partial charge is 0.339 e. The summed E-state index contributed by atoms with van der Waals surface area (Å²) in [5, 5.41) is 4.01. The number of nitrogens with one attached hydrogen (secondary N) is 1. The van der Waals surface area contributed by atoms with Gasteiger partial charge in [0.25, 0.3) is 5.56 Å². The summed E-state index contributed by atoms with van der Waals surface area (Å²) in [6.45, 7) is 2.45. The molecule has 0 spiro atoms. The Labute approximate surface area is 206 Å². The van der Waals surface area contributed by atoms with Crippen molar-refractivity contribution in [2.75, 3.05) is 25.3 Å². The number of nitrogens with zero attached hydrogens (tertiary/aromatic N) is 3. The summed E-state index contributed by atoms with van der Waals surface area (Å²) in [5.74, 6) is -0.194. The number of fused-ring (bicyclic) bond motifs is 3. The molecule has 1 amide bonds. The molecule has 0 fully saturated rings. The number of anilines is 1. The van der Waals surface area contributed by atoms with E-state index in [0.717, 1.165) is 17.3 Å². The molecule has 4 aromatic rings. The van der Waals surface area contributed by atoms with Crippen molar-refractivity contribution in [1.82, 2.24) is 14.1 Å². The van der Waals surface area contributed by atoms with Gasteiger partial charge in [-0.2, -0.15) is 0 Å². The van der Waals surface area contributed by atoms with Gasteiger partial charge in [0, 0.05) is 19.0 Å². The number of aryl methyl sites for hydroxylation is 1. The van der Waals surface area contributed by atoms with Gasteiger partial charge in [-0.05, 0) is 36.8 Å². The quantitative estimate of drug-likeness (QED) is 0.226. The highest BCUT2D eigenvalue weighted by atomic mass is 32.2. The predicted molar refractivity (Wildman–Crippen MR) is 136 cm³/mol. The van der Waals surface area contributed by atoms with E-state index in [4.69, 9.17) is 14.5 Å². The third-order valence-electron chi connectivity index (χ3n) is 5.65. The summed E-state index contributed by atoms with van der Waals surface area (Å²) in [6.07, 6.45) is 0.733. The van der Waals surface area contributed by atoms with Crippen LogP contribution in [0.1, 0.15) is 23.7 Å². The van der Waals surface area contributed by atoms with Gasteiger partial charge >= 0.3 is 5.97 Å². The van der Waals surface area contributed by atoms with Crippen LogP contribution in [0, 0.1) is 0 Å². The summed E-state index contributed by atoms with van der Waals surface area (Å²) < 4.78 is 13.6. The number of amides is 1. The van der Waals surface area contributed by atoms with Gasteiger partial charge in [-0.25, -0.2) is 9.78 Å². The van der Waals surface area contributed by atoms with Gasteiger partial charge in [-0.1, -0.05) is 30.8 Å². The minimum atomic E-state index is -0.538. The Morgan fingerprint density at radius 3 is 2.63 bits per heavy atom. The van der Waals surface area contributed by atoms with E-state index in [-0.39, 0.29) is 22.8 Å². The fraction of sp³-hybridized carbons (Fsp3) is 0.280. The summed E-state index contributed by atoms with van der Waals surface area (Å²) >= 11 is 1.17. The van der Waals surface area contributed by atoms with Crippen molar-refractivity contribution >= 4 is 51.3 Å². The molecule has 35 heavy (non-hydrogen) atoms. The highest BCUT2D eigenvalue weighted by Gasteiger charge is 2.20. The number of ether oxygens (including phenoxy) is 2. The number of esters is 1. The Morgan fingerprint density at radius 2 is 1.91 bits per heavy atom. The third-order valence-corrected chi connectivity index (χ3v) is 6.63. The topological polar surface area (TPSA) is 104 Å². The molecule has 0 saturated heterocycles. The van der Waals surface area contributed by atoms with Crippen LogP contribution in [0.25, 0.3) is 21.9 Å². The van der Waals surface area contributed by atoms with E-state index in [2.05, 4.69) is 5.32 Å². The average Bonchev–Trinajstić information content (AvgIpc) is 3.15. The van der Waals surface area contributed by atoms with Crippen LogP contribution in [0.5, 0.6) is 5.75 Å². The third kappa shape index (κ3) is 4.61. The summed E-state index contributed by atoms with van der Waals surface area (Å²) in [6, 6.07) is 12.2. The molecule has 10 heteroatoms. The minimum Gasteiger partial charge on any atom is -0.497 e. The Bertz CT molecular complexity index is 1490. The zero-order chi connectivity index (χ0) is 25.1. The van der Waals surface area contributed by atoms with Gasteiger partial charge in [-0.3, -0.25) is 14.2 Å². The van der Waals surface area contributed by atoms with Crippen molar-refractivity contribution in [3.63, 3.8) is 0 Å². The van der Waals surface area contributed by atoms with Crippen molar-refractivity contribution < 1.29 is 19.1 Å². The number of methoxy groups -OCH3 is 2. The Morgan fingerprint density at radius 1 is 1.14 bits per heavy atom. The molecule has 2 aromatic carbocycles. The molecule has 4 rings (SSSR count). The zero-order valence-corrected chi connectivity index (χ0v) is 20.8. The average molecular weight is 495 g/mol. The molecule has 0 aliphatic heterocycles. The van der Waals surface area contributed by atoms with Crippen LogP contribution in [-0.4, -0.2) is 46.0 Å². The Balaban J connectivity index is 1.69. The number of carbonyl (C=O) groups is 2. The summed E-state index contributed by atoms with van der Waals surface area (Å²) in [7, 11) is 4.72. The molecule has 9 nitrogen and oxygen atoms in total. The van der Waals surface area contributed by atoms with Gasteiger partial charge in [0.15, 0.2) is 5.16 Å². The van der Waals surface area contributed by atoms with Crippen LogP contribution in [0.3, 0.4) is 0 Å². The lowest BCUT2D eigenvalue weighted by atomic mass is 10.2. The van der Waals surface area contributed by atoms with Gasteiger partial charge in [0.05, 0.1) is 36.7 Å². The second-order valence-corrected chi connectivity index (χ2v) is 8.81. The molecule has 2 heterocycles. The number of para-hydroxylation sites is 1. The van der Waals surface area contributed by atoms with Crippen LogP contribution in [0.4, 0.5) is 5.69 Å². The van der Waals surface area contributed by atoms with Crippen LogP contribution in [0.15, 0.2) is 52.4 Å². The maximum atomic E-state index is 13.5. The highest BCUT2D eigenvalue weighted by molar-refractivity contribution is 7.99. The molecule has 1 N–H and O–H groups in total. The van der Waals surface area contributed by atoms with E-state index in [0.29, 0.717) is 34.2 Å². The zero-order valence-electron chi connectivity index (χ0n) is 20.0. The molecule has 0 unspecified atom stereocenters. The maximum Gasteiger partial charge on any atom is 0.339 e. The van der Waals surface area contributed by atoms with Crippen molar-refractivity contribution in [3.8, 4) is 5.75 Å². The Kier molecular flexibility index (Phi) is 7.11. The number of rotatable bonds is 8. The number of hydrogen-bond donors (Lipinski definition) is 1. The fourth-order valence-electron chi connectivity index (χ4n) is 3.99. The van der Waals surface area contributed by atoms with Gasteiger partial charge < -0.3 is 19.4 Å². The van der Waals surface area contributed by atoms with E-state index >= 15 is 0 Å². The molecule has 2 aromatic heterocycles. The predicted octanol–water partition coefficient (Wildman–Crippen LogP) is 3.82. The normalized spacial score (nSPS) is 11.1. The first-order valence-corrected chi connectivity index (χ1v) is 12.0. The molecule has 182 valence electrons. The van der Waals surface area contributed by atoms with E-state index in [9.17, 15) is 14.4 Å². The van der Waals surface area contributed by atoms with Crippen LogP contribution < -0.4 is 15.6 Å². The number of thioether (sulfide) groups is 1. The molecular formula is C25H26N4O5S. The summed E-state index contributed by atoms with van der Waals surface area (Å²) in [5.41, 5.74) is 2.40. The van der Waals surface area contributed by atoms with E-state index < -0.39 is 5.97 Å². The maximum absolute atomic E-state index is 13.5. The van der Waals surface area contributed by atoms with Crippen molar-refractivity contribution in [2.45, 2.75) is 25.0 Å². The highest BCUT2D eigenvalue weighted by Crippen LogP contribution is 2.30. The number of hydrogen-bond acceptors (Lipinski definition) is 7. The first-order chi connectivity index (χ1) is 16.9. The minimum absolute atomic E-state index is 0.00521. The number of aromatic nitrogens is 3. The molecule has 0 atom stereocenters. The number of carbonyl (C=O) groups excluding carboxylic acids is 2. The van der Waals surface area contributed by atoms with Crippen molar-refractivity contribution in [3.05, 3.63) is 58.4 Å². The van der Waals surface area contributed by atoms with Crippen molar-refractivity contribution in [1.29, 1.82) is 0 Å². The molecule has 0 aliphatic rings. The summed E-state index contributed by atoms with van der Waals surface area (Å²) in [4.78, 5) is 43.0. The van der Waals surface area contributed by atoms with E-state index in [1.54, 1.807) is 35.9 Å². The Hall–Kier alpha value is -3.79. The standard InChI is InChI=1S/C25H26N4O5S/c1-5-12-29-23(31)22-21(17-13-15(33-3)10-11-19(17)28(22)2)27-25(29)35-14-20(30)26-18-9-7-6-8-16(18)24(32)34-4/h6-11,13H,5,12,14H2,1-4H3,(H,26,30). The van der Waals surface area contributed by atoms with Crippen molar-refractivity contribution in [2.24, 2.45) is 7.05 Å². The number of benzene rings is 2. The lowest BCUT2D eigenvalue weighted by Gasteiger charge is -2.12. The SMILES string of the molecule is CCCn1c(SCC(=O)Nc2ccccc2C(=O)OC)nc2c3cc(OC)ccc3n(C)c2c1=O. The van der Waals surface area contributed by atoms with Crippen LogP contribution in [0.2, 0.25) is 0 Å². The lowest BCUT2D eigenvalue weighted by molar-refractivity contribution is -0.113. The second kappa shape index (κ2) is 10.2. The molecule has 0 radical (unpaired) electrons. The van der Waals surface area contributed by atoms with Gasteiger partial charge in [0.2, 0.25) is 5.91 Å². The first-order valence-electron chi connectivity index (χ1n) is 11.1. The lowest BCUT2D eigenvalue weighted by Crippen LogP contribution is -2.25. The van der Waals surface area contributed by atoms with Gasteiger partial charge in [-0.15, -0.1) is 0 Å². The molecule has 0 aliphatic carbocycles. The van der Waals surface area contributed by atoms with Crippen LogP contribution in [-0.2, 0) is 23.1 Å². The first kappa shape index (κ1) is 24.3. The molecule has 0 saturated carbocycles. The van der Waals surface area contributed by atoms with E-state index in [1.165, 1.54) is 18.9 Å². The van der Waals surface area contributed by atoms with Crippen LogP contribution >= 0.6 is 11.8 Å². The fourth-order valence-corrected chi connectivity index (χ4v) is 4.81. The van der Waals surface area contributed by atoms with Gasteiger partial charge in [0.1, 0.15) is 16.8 Å². The molecule has 0 bridgehead atoms. The monoisotopic (exact) mass is 494 g/mol.